The number of fused-ring (bicyclic) bond motifs is 2. The lowest BCUT2D eigenvalue weighted by atomic mass is 9.89. The van der Waals surface area contributed by atoms with Crippen LogP contribution in [0.3, 0.4) is 0 Å². The van der Waals surface area contributed by atoms with Crippen molar-refractivity contribution < 1.29 is 14.6 Å². The summed E-state index contributed by atoms with van der Waals surface area (Å²) in [5.41, 5.74) is 3.30. The normalized spacial score (nSPS) is 16.9. The van der Waals surface area contributed by atoms with Gasteiger partial charge in [0.25, 0.3) is 0 Å². The molecule has 2 heterocycles. The fourth-order valence-corrected chi connectivity index (χ4v) is 2.83. The number of hydrogen-bond acceptors (Lipinski definition) is 4. The first-order valence-corrected chi connectivity index (χ1v) is 6.34. The van der Waals surface area contributed by atoms with Crippen LogP contribution < -0.4 is 9.47 Å². The molecule has 0 amide bonds. The average molecular weight is 245 g/mol. The zero-order chi connectivity index (χ0) is 12.5. The van der Waals surface area contributed by atoms with Crippen LogP contribution in [0.25, 0.3) is 0 Å². The van der Waals surface area contributed by atoms with Gasteiger partial charge in [-0.05, 0) is 25.7 Å². The summed E-state index contributed by atoms with van der Waals surface area (Å²) in [5, 5.41) is 19.0. The van der Waals surface area contributed by atoms with Crippen LogP contribution in [0.2, 0.25) is 0 Å². The van der Waals surface area contributed by atoms with Gasteiger partial charge in [0.05, 0.1) is 19.8 Å². The highest BCUT2D eigenvalue weighted by molar-refractivity contribution is 5.64. The number of nitrogens with zero attached hydrogens (tertiary/aromatic N) is 1. The summed E-state index contributed by atoms with van der Waals surface area (Å²) in [5.74, 6) is 1.40. The maximum absolute atomic E-state index is 9.59. The van der Waals surface area contributed by atoms with Gasteiger partial charge in [-0.2, -0.15) is 5.26 Å². The van der Waals surface area contributed by atoms with Crippen LogP contribution in [0, 0.1) is 11.3 Å². The Morgan fingerprint density at radius 2 is 1.72 bits per heavy atom. The molecular weight excluding hydrogens is 230 g/mol. The van der Waals surface area contributed by atoms with E-state index in [2.05, 4.69) is 6.07 Å². The molecule has 4 nitrogen and oxygen atoms in total. The molecule has 0 saturated heterocycles. The molecule has 0 aliphatic carbocycles. The predicted molar refractivity (Wildman–Crippen MR) is 64.7 cm³/mol. The Bertz CT molecular complexity index is 494. The molecular formula is C14H15NO3. The SMILES string of the molecule is N#Cc1c2c(c(CO)c3c1OCCC3)OCCC2. The molecule has 1 N–H and O–H groups in total. The van der Waals surface area contributed by atoms with Gasteiger partial charge in [-0.3, -0.25) is 0 Å². The van der Waals surface area contributed by atoms with Gasteiger partial charge in [0.15, 0.2) is 0 Å². The van der Waals surface area contributed by atoms with E-state index in [0.717, 1.165) is 48.1 Å². The van der Waals surface area contributed by atoms with E-state index in [4.69, 9.17) is 9.47 Å². The molecule has 94 valence electrons. The maximum Gasteiger partial charge on any atom is 0.141 e. The molecule has 0 aromatic heterocycles. The third-order valence-corrected chi connectivity index (χ3v) is 3.62. The molecule has 2 aliphatic heterocycles. The number of nitriles is 1. The van der Waals surface area contributed by atoms with Crippen LogP contribution in [0.4, 0.5) is 0 Å². The van der Waals surface area contributed by atoms with Gasteiger partial charge in [-0.15, -0.1) is 0 Å². The third kappa shape index (κ3) is 1.55. The number of rotatable bonds is 1. The number of aliphatic hydroxyl groups excluding tert-OH is 1. The topological polar surface area (TPSA) is 62.5 Å². The number of ether oxygens (including phenoxy) is 2. The van der Waals surface area contributed by atoms with E-state index in [9.17, 15) is 10.4 Å². The van der Waals surface area contributed by atoms with Gasteiger partial charge in [0.2, 0.25) is 0 Å². The smallest absolute Gasteiger partial charge is 0.141 e. The Kier molecular flexibility index (Phi) is 2.85. The molecule has 18 heavy (non-hydrogen) atoms. The molecule has 0 fully saturated rings. The minimum atomic E-state index is -0.0558. The van der Waals surface area contributed by atoms with Crippen molar-refractivity contribution in [2.45, 2.75) is 32.3 Å². The van der Waals surface area contributed by atoms with Crippen LogP contribution in [-0.4, -0.2) is 18.3 Å². The van der Waals surface area contributed by atoms with Gasteiger partial charge >= 0.3 is 0 Å². The van der Waals surface area contributed by atoms with Gasteiger partial charge < -0.3 is 14.6 Å². The summed E-state index contributed by atoms with van der Waals surface area (Å²) in [7, 11) is 0. The lowest BCUT2D eigenvalue weighted by Gasteiger charge is -2.28. The van der Waals surface area contributed by atoms with Crippen LogP contribution in [-0.2, 0) is 19.4 Å². The molecule has 3 rings (SSSR count). The maximum atomic E-state index is 9.59. The fraction of sp³-hybridized carbons (Fsp3) is 0.500. The van der Waals surface area contributed by atoms with Crippen molar-refractivity contribution in [1.29, 1.82) is 5.26 Å². The summed E-state index contributed by atoms with van der Waals surface area (Å²) in [6.45, 7) is 1.25. The van der Waals surface area contributed by atoms with E-state index >= 15 is 0 Å². The van der Waals surface area contributed by atoms with E-state index in [1.807, 2.05) is 0 Å². The third-order valence-electron chi connectivity index (χ3n) is 3.62. The molecule has 1 aromatic rings. The van der Waals surface area contributed by atoms with E-state index in [-0.39, 0.29) is 6.61 Å². The second kappa shape index (κ2) is 4.51. The minimum Gasteiger partial charge on any atom is -0.493 e. The van der Waals surface area contributed by atoms with Crippen LogP contribution in [0.15, 0.2) is 0 Å². The van der Waals surface area contributed by atoms with Gasteiger partial charge in [0, 0.05) is 16.7 Å². The first kappa shape index (κ1) is 11.4. The van der Waals surface area contributed by atoms with E-state index in [1.54, 1.807) is 0 Å². The Labute approximate surface area is 106 Å². The summed E-state index contributed by atoms with van der Waals surface area (Å²) in [6, 6.07) is 2.25. The molecule has 4 heteroatoms. The summed E-state index contributed by atoms with van der Waals surface area (Å²) in [6.07, 6.45) is 3.49. The van der Waals surface area contributed by atoms with Crippen LogP contribution >= 0.6 is 0 Å². The summed E-state index contributed by atoms with van der Waals surface area (Å²) < 4.78 is 11.4. The van der Waals surface area contributed by atoms with Crippen molar-refractivity contribution in [2.75, 3.05) is 13.2 Å². The Morgan fingerprint density at radius 1 is 1.06 bits per heavy atom. The quantitative estimate of drug-likeness (QED) is 0.818. The van der Waals surface area contributed by atoms with Gasteiger partial charge in [-0.1, -0.05) is 0 Å². The zero-order valence-electron chi connectivity index (χ0n) is 10.2. The lowest BCUT2D eigenvalue weighted by molar-refractivity contribution is 0.240. The lowest BCUT2D eigenvalue weighted by Crippen LogP contribution is -2.19. The van der Waals surface area contributed by atoms with Crippen molar-refractivity contribution in [3.63, 3.8) is 0 Å². The van der Waals surface area contributed by atoms with Crippen molar-refractivity contribution >= 4 is 0 Å². The molecule has 0 atom stereocenters. The second-order valence-electron chi connectivity index (χ2n) is 4.64. The number of hydrogen-bond donors (Lipinski definition) is 1. The first-order valence-electron chi connectivity index (χ1n) is 6.34. The number of benzene rings is 1. The van der Waals surface area contributed by atoms with Crippen molar-refractivity contribution in [3.8, 4) is 17.6 Å². The Hall–Kier alpha value is -1.73. The van der Waals surface area contributed by atoms with Crippen LogP contribution in [0.5, 0.6) is 11.5 Å². The second-order valence-corrected chi connectivity index (χ2v) is 4.64. The number of aliphatic hydroxyl groups is 1. The van der Waals surface area contributed by atoms with E-state index in [1.165, 1.54) is 0 Å². The largest absolute Gasteiger partial charge is 0.493 e. The summed E-state index contributed by atoms with van der Waals surface area (Å²) >= 11 is 0. The molecule has 0 unspecified atom stereocenters. The first-order chi connectivity index (χ1) is 8.86. The predicted octanol–water partition coefficient (Wildman–Crippen LogP) is 1.70. The fourth-order valence-electron chi connectivity index (χ4n) is 2.83. The molecule has 2 aliphatic rings. The highest BCUT2D eigenvalue weighted by Crippen LogP contribution is 2.43. The Morgan fingerprint density at radius 3 is 2.39 bits per heavy atom. The van der Waals surface area contributed by atoms with Gasteiger partial charge in [0.1, 0.15) is 23.1 Å². The Balaban J connectivity index is 2.30. The van der Waals surface area contributed by atoms with E-state index in [0.29, 0.717) is 24.5 Å². The minimum absolute atomic E-state index is 0.0558. The standard InChI is InChI=1S/C14H15NO3/c15-7-11-9-3-1-6-18-14(9)12(8-16)10-4-2-5-17-13(10)11/h16H,1-6,8H2. The van der Waals surface area contributed by atoms with Gasteiger partial charge in [-0.25, -0.2) is 0 Å². The van der Waals surface area contributed by atoms with Crippen LogP contribution in [0.1, 0.15) is 35.1 Å². The molecule has 0 bridgehead atoms. The molecule has 0 saturated carbocycles. The summed E-state index contributed by atoms with van der Waals surface area (Å²) in [4.78, 5) is 0. The van der Waals surface area contributed by atoms with Crippen molar-refractivity contribution in [3.05, 3.63) is 22.3 Å². The highest BCUT2D eigenvalue weighted by atomic mass is 16.5. The highest BCUT2D eigenvalue weighted by Gasteiger charge is 2.28. The van der Waals surface area contributed by atoms with Crippen molar-refractivity contribution in [1.82, 2.24) is 0 Å². The average Bonchev–Trinajstić information content (AvgIpc) is 2.44. The zero-order valence-corrected chi connectivity index (χ0v) is 10.2. The molecule has 1 aromatic carbocycles. The molecule has 0 radical (unpaired) electrons. The monoisotopic (exact) mass is 245 g/mol. The molecule has 0 spiro atoms. The van der Waals surface area contributed by atoms with E-state index < -0.39 is 0 Å². The van der Waals surface area contributed by atoms with Crippen molar-refractivity contribution in [2.24, 2.45) is 0 Å².